The van der Waals surface area contributed by atoms with Gasteiger partial charge < -0.3 is 10.2 Å². The highest BCUT2D eigenvalue weighted by atomic mass is 32.1. The van der Waals surface area contributed by atoms with E-state index in [1.807, 2.05) is 23.6 Å². The summed E-state index contributed by atoms with van der Waals surface area (Å²) in [6.45, 7) is 1.12. The first-order valence-corrected chi connectivity index (χ1v) is 8.34. The summed E-state index contributed by atoms with van der Waals surface area (Å²) in [6.07, 6.45) is 8.17. The zero-order valence-corrected chi connectivity index (χ0v) is 13.4. The second-order valence-corrected chi connectivity index (χ2v) is 6.25. The van der Waals surface area contributed by atoms with E-state index in [1.54, 1.807) is 34.7 Å². The smallest absolute Gasteiger partial charge is 0.244 e. The van der Waals surface area contributed by atoms with Crippen LogP contribution in [-0.4, -0.2) is 23.3 Å². The molecule has 2 aromatic rings. The number of nitrogens with zero attached hydrogens (tertiary/aromatic N) is 2. The van der Waals surface area contributed by atoms with E-state index in [0.717, 1.165) is 29.1 Å². The Labute approximate surface area is 138 Å². The van der Waals surface area contributed by atoms with Gasteiger partial charge in [-0.3, -0.25) is 14.6 Å². The molecule has 0 aliphatic carbocycles. The van der Waals surface area contributed by atoms with Crippen LogP contribution in [0.4, 0.5) is 5.69 Å². The van der Waals surface area contributed by atoms with E-state index in [2.05, 4.69) is 10.3 Å². The fourth-order valence-electron chi connectivity index (χ4n) is 2.43. The van der Waals surface area contributed by atoms with E-state index in [0.29, 0.717) is 13.0 Å². The van der Waals surface area contributed by atoms with Crippen molar-refractivity contribution < 1.29 is 9.59 Å². The molecule has 1 aliphatic heterocycles. The van der Waals surface area contributed by atoms with Crippen molar-refractivity contribution in [3.63, 3.8) is 0 Å². The predicted octanol–water partition coefficient (Wildman–Crippen LogP) is 2.60. The second-order valence-electron chi connectivity index (χ2n) is 5.27. The van der Waals surface area contributed by atoms with Gasteiger partial charge in [-0.25, -0.2) is 0 Å². The Hall–Kier alpha value is -2.47. The summed E-state index contributed by atoms with van der Waals surface area (Å²) in [5, 5.41) is 4.79. The van der Waals surface area contributed by atoms with Crippen LogP contribution < -0.4 is 10.2 Å². The topological polar surface area (TPSA) is 62.3 Å². The molecule has 2 amide bonds. The number of aromatic nitrogens is 1. The number of carbonyl (C=O) groups is 2. The molecule has 0 atom stereocenters. The van der Waals surface area contributed by atoms with Crippen molar-refractivity contribution in [2.75, 3.05) is 11.4 Å². The Kier molecular flexibility index (Phi) is 4.83. The number of hydrogen-bond donors (Lipinski definition) is 1. The molecular formula is C17H17N3O2S. The lowest BCUT2D eigenvalue weighted by atomic mass is 10.2. The molecule has 1 aliphatic rings. The van der Waals surface area contributed by atoms with Gasteiger partial charge in [0.2, 0.25) is 11.8 Å². The Morgan fingerprint density at radius 2 is 2.35 bits per heavy atom. The van der Waals surface area contributed by atoms with Crippen LogP contribution in [0, 0.1) is 0 Å². The third-order valence-corrected chi connectivity index (χ3v) is 4.41. The number of hydrogen-bond acceptors (Lipinski definition) is 4. The van der Waals surface area contributed by atoms with Crippen LogP contribution in [0.2, 0.25) is 0 Å². The summed E-state index contributed by atoms with van der Waals surface area (Å²) < 4.78 is 0. The lowest BCUT2D eigenvalue weighted by Crippen LogP contribution is -2.24. The van der Waals surface area contributed by atoms with Crippen LogP contribution in [0.15, 0.2) is 42.0 Å². The van der Waals surface area contributed by atoms with Gasteiger partial charge in [-0.05, 0) is 35.6 Å². The minimum atomic E-state index is -0.152. The van der Waals surface area contributed by atoms with E-state index in [4.69, 9.17) is 0 Å². The largest absolute Gasteiger partial charge is 0.348 e. The molecule has 0 spiro atoms. The Morgan fingerprint density at radius 3 is 3.09 bits per heavy atom. The molecule has 2 aromatic heterocycles. The molecule has 0 unspecified atom stereocenters. The SMILES string of the molecule is O=C(C=Cc1cccs1)NCc1cncc(N2CCCC2=O)c1. The summed E-state index contributed by atoms with van der Waals surface area (Å²) in [5.41, 5.74) is 1.67. The van der Waals surface area contributed by atoms with Crippen molar-refractivity contribution >= 4 is 34.9 Å². The number of thiophene rings is 1. The maximum atomic E-state index is 11.8. The molecule has 1 saturated heterocycles. The third kappa shape index (κ3) is 4.04. The first-order valence-electron chi connectivity index (χ1n) is 7.46. The fraction of sp³-hybridized carbons (Fsp3) is 0.235. The van der Waals surface area contributed by atoms with Crippen LogP contribution >= 0.6 is 11.3 Å². The molecule has 0 bridgehead atoms. The van der Waals surface area contributed by atoms with Crippen molar-refractivity contribution in [3.8, 4) is 0 Å². The number of carbonyl (C=O) groups excluding carboxylic acids is 2. The van der Waals surface area contributed by atoms with E-state index in [9.17, 15) is 9.59 Å². The highest BCUT2D eigenvalue weighted by Gasteiger charge is 2.21. The van der Waals surface area contributed by atoms with E-state index >= 15 is 0 Å². The van der Waals surface area contributed by atoms with Gasteiger partial charge in [0, 0.05) is 36.7 Å². The van der Waals surface area contributed by atoms with Crippen LogP contribution in [0.25, 0.3) is 6.08 Å². The normalized spacial score (nSPS) is 14.6. The van der Waals surface area contributed by atoms with Crippen LogP contribution in [-0.2, 0) is 16.1 Å². The van der Waals surface area contributed by atoms with Gasteiger partial charge in [-0.15, -0.1) is 11.3 Å². The Morgan fingerprint density at radius 1 is 1.43 bits per heavy atom. The number of pyridine rings is 1. The standard InChI is InChI=1S/C17H17N3O2S/c21-16(6-5-15-3-2-8-23-15)19-11-13-9-14(12-18-10-13)20-7-1-4-17(20)22/h2-3,5-6,8-10,12H,1,4,7,11H2,(H,19,21). The zero-order valence-electron chi connectivity index (χ0n) is 12.6. The molecule has 118 valence electrons. The Balaban J connectivity index is 1.58. The quantitative estimate of drug-likeness (QED) is 0.859. The third-order valence-electron chi connectivity index (χ3n) is 3.57. The summed E-state index contributed by atoms with van der Waals surface area (Å²) in [7, 11) is 0. The van der Waals surface area contributed by atoms with Crippen molar-refractivity contribution in [2.24, 2.45) is 0 Å². The van der Waals surface area contributed by atoms with Crippen molar-refractivity contribution in [2.45, 2.75) is 19.4 Å². The van der Waals surface area contributed by atoms with Crippen LogP contribution in [0.1, 0.15) is 23.3 Å². The van der Waals surface area contributed by atoms with Crippen molar-refractivity contribution in [1.29, 1.82) is 0 Å². The van der Waals surface area contributed by atoms with Gasteiger partial charge in [-0.2, -0.15) is 0 Å². The molecule has 0 radical (unpaired) electrons. The molecule has 3 heterocycles. The van der Waals surface area contributed by atoms with Crippen molar-refractivity contribution in [1.82, 2.24) is 10.3 Å². The minimum Gasteiger partial charge on any atom is -0.348 e. The summed E-state index contributed by atoms with van der Waals surface area (Å²) in [4.78, 5) is 30.5. The molecule has 1 N–H and O–H groups in total. The summed E-state index contributed by atoms with van der Waals surface area (Å²) >= 11 is 1.58. The molecule has 0 saturated carbocycles. The van der Waals surface area contributed by atoms with Gasteiger partial charge in [0.25, 0.3) is 0 Å². The summed E-state index contributed by atoms with van der Waals surface area (Å²) in [6, 6.07) is 5.80. The monoisotopic (exact) mass is 327 g/mol. The van der Waals surface area contributed by atoms with Crippen LogP contribution in [0.5, 0.6) is 0 Å². The van der Waals surface area contributed by atoms with Gasteiger partial charge in [0.15, 0.2) is 0 Å². The lowest BCUT2D eigenvalue weighted by Gasteiger charge is -2.16. The van der Waals surface area contributed by atoms with Crippen molar-refractivity contribution in [3.05, 3.63) is 52.5 Å². The maximum absolute atomic E-state index is 11.8. The maximum Gasteiger partial charge on any atom is 0.244 e. The first-order chi connectivity index (χ1) is 11.2. The predicted molar refractivity (Wildman–Crippen MR) is 91.0 cm³/mol. The molecule has 1 fully saturated rings. The van der Waals surface area contributed by atoms with E-state index in [1.165, 1.54) is 6.08 Å². The molecular weight excluding hydrogens is 310 g/mol. The fourth-order valence-corrected chi connectivity index (χ4v) is 3.05. The van der Waals surface area contributed by atoms with E-state index in [-0.39, 0.29) is 11.8 Å². The number of anilines is 1. The summed E-state index contributed by atoms with van der Waals surface area (Å²) in [5.74, 6) is -0.0204. The first kappa shape index (κ1) is 15.4. The lowest BCUT2D eigenvalue weighted by molar-refractivity contribution is -0.117. The molecule has 23 heavy (non-hydrogen) atoms. The average molecular weight is 327 g/mol. The van der Waals surface area contributed by atoms with E-state index < -0.39 is 0 Å². The number of amides is 2. The zero-order chi connectivity index (χ0) is 16.1. The van der Waals surface area contributed by atoms with Gasteiger partial charge >= 0.3 is 0 Å². The minimum absolute atomic E-state index is 0.131. The Bertz CT molecular complexity index is 725. The molecule has 6 heteroatoms. The molecule has 0 aromatic carbocycles. The molecule has 5 nitrogen and oxygen atoms in total. The van der Waals surface area contributed by atoms with Crippen LogP contribution in [0.3, 0.4) is 0 Å². The average Bonchev–Trinajstić information content (AvgIpc) is 3.22. The van der Waals surface area contributed by atoms with Gasteiger partial charge in [0.05, 0.1) is 11.9 Å². The van der Waals surface area contributed by atoms with Gasteiger partial charge in [0.1, 0.15) is 0 Å². The number of rotatable bonds is 5. The molecule has 3 rings (SSSR count). The second kappa shape index (κ2) is 7.19. The highest BCUT2D eigenvalue weighted by Crippen LogP contribution is 2.21. The van der Waals surface area contributed by atoms with Gasteiger partial charge in [-0.1, -0.05) is 6.07 Å². The number of nitrogens with one attached hydrogen (secondary N) is 1. The highest BCUT2D eigenvalue weighted by molar-refractivity contribution is 7.10.